The molecular formula is C17H25NO2. The van der Waals surface area contributed by atoms with Crippen molar-refractivity contribution >= 4 is 0 Å². The summed E-state index contributed by atoms with van der Waals surface area (Å²) in [5, 5.41) is 20.5. The SMILES string of the molecule is Cc1ccc([C@H]2C[C@@H](O)[C@@H](O)[C@@H]2N2CCCCC2)cc1. The van der Waals surface area contributed by atoms with E-state index in [1.165, 1.54) is 30.4 Å². The first-order chi connectivity index (χ1) is 9.66. The standard InChI is InChI=1S/C17H25NO2/c1-12-5-7-13(8-6-12)14-11-15(19)17(20)16(14)18-9-3-2-4-10-18/h5-8,14-17,19-20H,2-4,9-11H2,1H3/t14-,15-,16-,17-/m1/s1. The first-order valence-corrected chi connectivity index (χ1v) is 7.83. The molecule has 1 saturated heterocycles. The Balaban J connectivity index is 1.85. The van der Waals surface area contributed by atoms with E-state index in [4.69, 9.17) is 0 Å². The number of rotatable bonds is 2. The van der Waals surface area contributed by atoms with Gasteiger partial charge in [0, 0.05) is 12.0 Å². The number of likely N-dealkylation sites (tertiary alicyclic amines) is 1. The minimum absolute atomic E-state index is 0.0769. The van der Waals surface area contributed by atoms with Crippen molar-refractivity contribution in [2.24, 2.45) is 0 Å². The topological polar surface area (TPSA) is 43.7 Å². The summed E-state index contributed by atoms with van der Waals surface area (Å²) in [6.07, 6.45) is 3.18. The Morgan fingerprint density at radius 2 is 1.65 bits per heavy atom. The van der Waals surface area contributed by atoms with Crippen LogP contribution in [0.15, 0.2) is 24.3 Å². The van der Waals surface area contributed by atoms with E-state index >= 15 is 0 Å². The number of aliphatic hydroxyl groups excluding tert-OH is 2. The second-order valence-corrected chi connectivity index (χ2v) is 6.40. The predicted octanol–water partition coefficient (Wildman–Crippen LogP) is 2.06. The zero-order valence-corrected chi connectivity index (χ0v) is 12.2. The summed E-state index contributed by atoms with van der Waals surface area (Å²) in [6, 6.07) is 8.64. The first kappa shape index (κ1) is 14.1. The van der Waals surface area contributed by atoms with Crippen LogP contribution in [0.1, 0.15) is 42.7 Å². The van der Waals surface area contributed by atoms with E-state index in [9.17, 15) is 10.2 Å². The third-order valence-corrected chi connectivity index (χ3v) is 4.97. The molecule has 1 aromatic rings. The first-order valence-electron chi connectivity index (χ1n) is 7.83. The van der Waals surface area contributed by atoms with Gasteiger partial charge < -0.3 is 10.2 Å². The molecule has 3 heteroatoms. The van der Waals surface area contributed by atoms with Gasteiger partial charge in [0.05, 0.1) is 12.2 Å². The fraction of sp³-hybridized carbons (Fsp3) is 0.647. The average Bonchev–Trinajstić information content (AvgIpc) is 2.77. The van der Waals surface area contributed by atoms with Crippen LogP contribution in [0.5, 0.6) is 0 Å². The quantitative estimate of drug-likeness (QED) is 0.868. The number of hydrogen-bond acceptors (Lipinski definition) is 3. The number of hydrogen-bond donors (Lipinski definition) is 2. The second kappa shape index (κ2) is 5.84. The lowest BCUT2D eigenvalue weighted by atomic mass is 9.91. The number of aryl methyl sites for hydroxylation is 1. The molecule has 20 heavy (non-hydrogen) atoms. The lowest BCUT2D eigenvalue weighted by molar-refractivity contribution is -0.00706. The van der Waals surface area contributed by atoms with Gasteiger partial charge in [0.15, 0.2) is 0 Å². The molecule has 3 rings (SSSR count). The molecule has 0 amide bonds. The number of piperidine rings is 1. The molecule has 1 heterocycles. The molecule has 1 aromatic carbocycles. The third-order valence-electron chi connectivity index (χ3n) is 4.97. The summed E-state index contributed by atoms with van der Waals surface area (Å²) in [7, 11) is 0. The fourth-order valence-corrected chi connectivity index (χ4v) is 3.84. The summed E-state index contributed by atoms with van der Waals surface area (Å²) in [5.74, 6) is 0.249. The van der Waals surface area contributed by atoms with E-state index < -0.39 is 12.2 Å². The highest BCUT2D eigenvalue weighted by Gasteiger charge is 2.45. The molecule has 2 aliphatic rings. The average molecular weight is 275 g/mol. The highest BCUT2D eigenvalue weighted by atomic mass is 16.3. The van der Waals surface area contributed by atoms with Gasteiger partial charge in [-0.3, -0.25) is 4.90 Å². The summed E-state index contributed by atoms with van der Waals surface area (Å²) in [6.45, 7) is 4.19. The zero-order valence-electron chi connectivity index (χ0n) is 12.2. The van der Waals surface area contributed by atoms with E-state index in [1.807, 2.05) is 0 Å². The molecule has 1 saturated carbocycles. The van der Waals surface area contributed by atoms with Gasteiger partial charge in [-0.05, 0) is 44.8 Å². The van der Waals surface area contributed by atoms with Crippen molar-refractivity contribution in [3.8, 4) is 0 Å². The van der Waals surface area contributed by atoms with Crippen LogP contribution in [0.4, 0.5) is 0 Å². The van der Waals surface area contributed by atoms with Crippen molar-refractivity contribution in [2.75, 3.05) is 13.1 Å². The molecule has 110 valence electrons. The molecule has 0 spiro atoms. The van der Waals surface area contributed by atoms with Crippen LogP contribution in [-0.2, 0) is 0 Å². The molecule has 1 aliphatic heterocycles. The van der Waals surface area contributed by atoms with Crippen molar-refractivity contribution in [1.82, 2.24) is 4.90 Å². The predicted molar refractivity (Wildman–Crippen MR) is 79.8 cm³/mol. The van der Waals surface area contributed by atoms with Crippen LogP contribution in [0, 0.1) is 6.92 Å². The fourth-order valence-electron chi connectivity index (χ4n) is 3.84. The molecule has 2 fully saturated rings. The van der Waals surface area contributed by atoms with E-state index in [1.54, 1.807) is 0 Å². The molecular weight excluding hydrogens is 250 g/mol. The molecule has 0 radical (unpaired) electrons. The molecule has 0 unspecified atom stereocenters. The van der Waals surface area contributed by atoms with Gasteiger partial charge in [0.25, 0.3) is 0 Å². The Kier molecular flexibility index (Phi) is 4.11. The molecule has 4 atom stereocenters. The molecule has 1 aliphatic carbocycles. The maximum absolute atomic E-state index is 10.4. The number of benzene rings is 1. The van der Waals surface area contributed by atoms with Crippen molar-refractivity contribution in [2.45, 2.75) is 56.8 Å². The van der Waals surface area contributed by atoms with Gasteiger partial charge in [-0.2, -0.15) is 0 Å². The van der Waals surface area contributed by atoms with Crippen LogP contribution in [-0.4, -0.2) is 46.5 Å². The van der Waals surface area contributed by atoms with Crippen molar-refractivity contribution in [3.05, 3.63) is 35.4 Å². The van der Waals surface area contributed by atoms with E-state index in [0.29, 0.717) is 6.42 Å². The Hall–Kier alpha value is -0.900. The van der Waals surface area contributed by atoms with Crippen LogP contribution in [0.2, 0.25) is 0 Å². The van der Waals surface area contributed by atoms with Gasteiger partial charge in [-0.1, -0.05) is 36.2 Å². The van der Waals surface area contributed by atoms with Crippen molar-refractivity contribution in [3.63, 3.8) is 0 Å². The van der Waals surface area contributed by atoms with Gasteiger partial charge in [-0.25, -0.2) is 0 Å². The Labute approximate surface area is 121 Å². The summed E-state index contributed by atoms with van der Waals surface area (Å²) in [5.41, 5.74) is 2.50. The maximum Gasteiger partial charge on any atom is 0.0959 e. The Bertz CT molecular complexity index is 439. The van der Waals surface area contributed by atoms with Crippen molar-refractivity contribution < 1.29 is 10.2 Å². The number of aliphatic hydroxyl groups is 2. The lowest BCUT2D eigenvalue weighted by Crippen LogP contribution is -2.47. The smallest absolute Gasteiger partial charge is 0.0959 e. The Morgan fingerprint density at radius 1 is 1.00 bits per heavy atom. The molecule has 2 N–H and O–H groups in total. The largest absolute Gasteiger partial charge is 0.390 e. The van der Waals surface area contributed by atoms with Crippen LogP contribution in [0.3, 0.4) is 0 Å². The van der Waals surface area contributed by atoms with Crippen LogP contribution in [0.25, 0.3) is 0 Å². The third kappa shape index (κ3) is 2.62. The maximum atomic E-state index is 10.4. The zero-order chi connectivity index (χ0) is 14.1. The molecule has 0 bridgehead atoms. The minimum atomic E-state index is -0.612. The minimum Gasteiger partial charge on any atom is -0.390 e. The van der Waals surface area contributed by atoms with Gasteiger partial charge in [0.2, 0.25) is 0 Å². The van der Waals surface area contributed by atoms with E-state index in [0.717, 1.165) is 13.1 Å². The monoisotopic (exact) mass is 275 g/mol. The lowest BCUT2D eigenvalue weighted by Gasteiger charge is -2.37. The second-order valence-electron chi connectivity index (χ2n) is 6.40. The number of nitrogens with zero attached hydrogens (tertiary/aromatic N) is 1. The Morgan fingerprint density at radius 3 is 2.30 bits per heavy atom. The van der Waals surface area contributed by atoms with E-state index in [-0.39, 0.29) is 12.0 Å². The summed E-state index contributed by atoms with van der Waals surface area (Å²) < 4.78 is 0. The van der Waals surface area contributed by atoms with Gasteiger partial charge in [0.1, 0.15) is 0 Å². The highest BCUT2D eigenvalue weighted by molar-refractivity contribution is 5.28. The van der Waals surface area contributed by atoms with Crippen molar-refractivity contribution in [1.29, 1.82) is 0 Å². The van der Waals surface area contributed by atoms with Gasteiger partial charge >= 0.3 is 0 Å². The highest BCUT2D eigenvalue weighted by Crippen LogP contribution is 2.39. The van der Waals surface area contributed by atoms with E-state index in [2.05, 4.69) is 36.1 Å². The molecule has 3 nitrogen and oxygen atoms in total. The van der Waals surface area contributed by atoms with Crippen LogP contribution >= 0.6 is 0 Å². The van der Waals surface area contributed by atoms with Gasteiger partial charge in [-0.15, -0.1) is 0 Å². The van der Waals surface area contributed by atoms with Crippen LogP contribution < -0.4 is 0 Å². The molecule has 0 aromatic heterocycles. The normalized spacial score (nSPS) is 35.4. The summed E-state index contributed by atoms with van der Waals surface area (Å²) in [4.78, 5) is 2.40. The summed E-state index contributed by atoms with van der Waals surface area (Å²) >= 11 is 0.